The fourth-order valence-electron chi connectivity index (χ4n) is 0.357. The van der Waals surface area contributed by atoms with E-state index in [1.54, 1.807) is 0 Å². The minimum absolute atomic E-state index is 0.208. The maximum Gasteiger partial charge on any atom is 0.502 e. The van der Waals surface area contributed by atoms with E-state index >= 15 is 0 Å². The largest absolute Gasteiger partial charge is 0.502 e. The summed E-state index contributed by atoms with van der Waals surface area (Å²) < 4.78 is 34.5. The average molecular weight is 152 g/mol. The van der Waals surface area contributed by atoms with E-state index < -0.39 is 12.5 Å². The van der Waals surface area contributed by atoms with E-state index in [0.29, 0.717) is 0 Å². The molecule has 0 aromatic heterocycles. The minimum Gasteiger partial charge on any atom is -0.445 e. The van der Waals surface area contributed by atoms with Crippen molar-refractivity contribution in [2.75, 3.05) is 0 Å². The van der Waals surface area contributed by atoms with Crippen molar-refractivity contribution in [3.05, 3.63) is 12.1 Å². The van der Waals surface area contributed by atoms with Crippen LogP contribution in [0.5, 0.6) is 0 Å². The summed E-state index contributed by atoms with van der Waals surface area (Å²) in [4.78, 5) is 0. The molecule has 0 aliphatic heterocycles. The van der Waals surface area contributed by atoms with Crippen LogP contribution in [-0.4, -0.2) is 12.5 Å². The van der Waals surface area contributed by atoms with Gasteiger partial charge in [0.1, 0.15) is 0 Å². The third kappa shape index (κ3) is 7.55. The molecule has 0 aromatic rings. The van der Waals surface area contributed by atoms with Gasteiger partial charge in [0.25, 0.3) is 0 Å². The van der Waals surface area contributed by atoms with E-state index in [9.17, 15) is 12.9 Å². The zero-order chi connectivity index (χ0) is 8.41. The summed E-state index contributed by atoms with van der Waals surface area (Å²) in [6.07, 6.45) is 0.951. The Hall–Kier alpha value is -0.445. The van der Waals surface area contributed by atoms with Crippen molar-refractivity contribution >= 4 is 6.98 Å². The Morgan fingerprint density at radius 3 is 1.80 bits per heavy atom. The van der Waals surface area contributed by atoms with Gasteiger partial charge in [-0.1, -0.05) is 6.08 Å². The molecule has 0 saturated carbocycles. The molecule has 0 aliphatic carbocycles. The number of nitrogens with two attached hydrogens (primary N) is 1. The summed E-state index contributed by atoms with van der Waals surface area (Å²) in [6.45, 7) is -1.82. The molecule has 0 atom stereocenters. The van der Waals surface area contributed by atoms with Gasteiger partial charge in [0.15, 0.2) is 0 Å². The van der Waals surface area contributed by atoms with Crippen molar-refractivity contribution in [1.82, 2.24) is 0 Å². The van der Waals surface area contributed by atoms with Gasteiger partial charge in [-0.05, 0) is 13.8 Å². The molecule has 0 aromatic carbocycles. The highest BCUT2D eigenvalue weighted by Gasteiger charge is 2.18. The van der Waals surface area contributed by atoms with E-state index in [1.807, 2.05) is 0 Å². The summed E-state index contributed by atoms with van der Waals surface area (Å²) in [5.74, 6) is 0.208. The first-order chi connectivity index (χ1) is 4.21. The van der Waals surface area contributed by atoms with Gasteiger partial charge in [0.2, 0.25) is 0 Å². The van der Waals surface area contributed by atoms with Gasteiger partial charge in [-0.3, -0.25) is 0 Å². The third-order valence-electron chi connectivity index (χ3n) is 0.744. The average Bonchev–Trinajstić information content (AvgIpc) is 1.57. The van der Waals surface area contributed by atoms with Gasteiger partial charge in [-0.25, -0.2) is 0 Å². The first kappa shape index (κ1) is 9.55. The number of halogens is 3. The standard InChI is InChI=1S/C5H10BF3N/c1-5(2,10)3-4-6(7,8)9/h3-4H,10H2,1-2H3/q-1/b4-3+. The predicted molar refractivity (Wildman–Crippen MR) is 36.5 cm³/mol. The monoisotopic (exact) mass is 152 g/mol. The summed E-state index contributed by atoms with van der Waals surface area (Å²) in [5, 5.41) is 0. The molecule has 1 nitrogen and oxygen atoms in total. The molecule has 10 heavy (non-hydrogen) atoms. The minimum atomic E-state index is -4.83. The highest BCUT2D eigenvalue weighted by atomic mass is 19.4. The normalized spacial score (nSPS) is 14.6. The molecule has 0 spiro atoms. The second-order valence-electron chi connectivity index (χ2n) is 2.81. The maximum atomic E-state index is 11.5. The van der Waals surface area contributed by atoms with Crippen LogP contribution in [0.15, 0.2) is 12.1 Å². The van der Waals surface area contributed by atoms with Crippen LogP contribution in [0.3, 0.4) is 0 Å². The summed E-state index contributed by atoms with van der Waals surface area (Å²) in [7, 11) is 0. The molecule has 0 saturated heterocycles. The van der Waals surface area contributed by atoms with Crippen LogP contribution in [0, 0.1) is 0 Å². The Bertz CT molecular complexity index is 117. The molecule has 0 rings (SSSR count). The van der Waals surface area contributed by atoms with E-state index in [4.69, 9.17) is 5.73 Å². The first-order valence-electron chi connectivity index (χ1n) is 2.90. The van der Waals surface area contributed by atoms with Gasteiger partial charge in [-0.2, -0.15) is 0 Å². The second kappa shape index (κ2) is 2.66. The predicted octanol–water partition coefficient (Wildman–Crippen LogP) is 1.67. The van der Waals surface area contributed by atoms with Crippen molar-refractivity contribution in [3.63, 3.8) is 0 Å². The fraction of sp³-hybridized carbons (Fsp3) is 0.600. The van der Waals surface area contributed by atoms with Crippen LogP contribution < -0.4 is 5.73 Å². The molecule has 0 fully saturated rings. The molecule has 0 radical (unpaired) electrons. The lowest BCUT2D eigenvalue weighted by Gasteiger charge is -2.15. The first-order valence-corrected chi connectivity index (χ1v) is 2.90. The van der Waals surface area contributed by atoms with Gasteiger partial charge in [0.05, 0.1) is 0 Å². The summed E-state index contributed by atoms with van der Waals surface area (Å²) in [5.41, 5.74) is 4.39. The fourth-order valence-corrected chi connectivity index (χ4v) is 0.357. The number of hydrogen-bond acceptors (Lipinski definition) is 1. The zero-order valence-electron chi connectivity index (χ0n) is 5.94. The highest BCUT2D eigenvalue weighted by molar-refractivity contribution is 6.64. The van der Waals surface area contributed by atoms with E-state index in [1.165, 1.54) is 13.8 Å². The molecule has 5 heteroatoms. The van der Waals surface area contributed by atoms with Crippen LogP contribution in [0.1, 0.15) is 13.8 Å². The lowest BCUT2D eigenvalue weighted by Crippen LogP contribution is -2.30. The Morgan fingerprint density at radius 2 is 1.70 bits per heavy atom. The molecule has 60 valence electrons. The van der Waals surface area contributed by atoms with Crippen molar-refractivity contribution in [1.29, 1.82) is 0 Å². The van der Waals surface area contributed by atoms with Gasteiger partial charge >= 0.3 is 6.98 Å². The second-order valence-corrected chi connectivity index (χ2v) is 2.81. The highest BCUT2D eigenvalue weighted by Crippen LogP contribution is 2.11. The van der Waals surface area contributed by atoms with Gasteiger partial charge in [-0.15, -0.1) is 5.98 Å². The van der Waals surface area contributed by atoms with E-state index in [0.717, 1.165) is 6.08 Å². The number of rotatable bonds is 2. The summed E-state index contributed by atoms with van der Waals surface area (Å²) in [6, 6.07) is 0. The Labute approximate surface area is 58.2 Å². The van der Waals surface area contributed by atoms with Gasteiger partial charge in [0, 0.05) is 5.54 Å². The van der Waals surface area contributed by atoms with Crippen LogP contribution in [-0.2, 0) is 0 Å². The van der Waals surface area contributed by atoms with Crippen molar-refractivity contribution in [2.45, 2.75) is 19.4 Å². The smallest absolute Gasteiger partial charge is 0.445 e. The molecule has 0 amide bonds. The molecular weight excluding hydrogens is 142 g/mol. The van der Waals surface area contributed by atoms with Crippen molar-refractivity contribution in [3.8, 4) is 0 Å². The Morgan fingerprint density at radius 1 is 1.30 bits per heavy atom. The lowest BCUT2D eigenvalue weighted by molar-refractivity contribution is 0.496. The Kier molecular flexibility index (Phi) is 2.54. The number of hydrogen-bond donors (Lipinski definition) is 1. The van der Waals surface area contributed by atoms with E-state index in [-0.39, 0.29) is 5.98 Å². The van der Waals surface area contributed by atoms with Crippen molar-refractivity contribution in [2.24, 2.45) is 5.73 Å². The van der Waals surface area contributed by atoms with Crippen LogP contribution >= 0.6 is 0 Å². The molecular formula is C5H10BF3N-. The lowest BCUT2D eigenvalue weighted by atomic mass is 9.88. The van der Waals surface area contributed by atoms with E-state index in [2.05, 4.69) is 0 Å². The third-order valence-corrected chi connectivity index (χ3v) is 0.744. The maximum absolute atomic E-state index is 11.5. The van der Waals surface area contributed by atoms with Crippen LogP contribution in [0.2, 0.25) is 0 Å². The molecule has 0 unspecified atom stereocenters. The van der Waals surface area contributed by atoms with Gasteiger partial charge < -0.3 is 18.7 Å². The van der Waals surface area contributed by atoms with Crippen LogP contribution in [0.4, 0.5) is 12.9 Å². The molecule has 0 heterocycles. The molecule has 0 aliphatic rings. The Balaban J connectivity index is 4.01. The molecule has 2 N–H and O–H groups in total. The quantitative estimate of drug-likeness (QED) is 0.598. The summed E-state index contributed by atoms with van der Waals surface area (Å²) >= 11 is 0. The molecule has 0 bridgehead atoms. The van der Waals surface area contributed by atoms with Crippen LogP contribution in [0.25, 0.3) is 0 Å². The zero-order valence-corrected chi connectivity index (χ0v) is 5.94. The van der Waals surface area contributed by atoms with Crippen molar-refractivity contribution < 1.29 is 12.9 Å². The SMILES string of the molecule is CC(C)(N)/C=C/[B-](F)(F)F. The topological polar surface area (TPSA) is 26.0 Å².